The number of nitrogens with zero attached hydrogens (tertiary/aromatic N) is 2. The Bertz CT molecular complexity index is 850. The summed E-state index contributed by atoms with van der Waals surface area (Å²) in [6.07, 6.45) is 0. The lowest BCUT2D eigenvalue weighted by molar-refractivity contribution is -0.384. The molecule has 6 nitrogen and oxygen atoms in total. The first-order valence-electron chi connectivity index (χ1n) is 5.94. The number of H-pyrrole nitrogens is 1. The number of nitro benzene ring substituents is 1. The minimum absolute atomic E-state index is 0.0806. The number of hydrogen-bond acceptors (Lipinski definition) is 4. The summed E-state index contributed by atoms with van der Waals surface area (Å²) >= 11 is 0. The molecule has 0 aliphatic heterocycles. The summed E-state index contributed by atoms with van der Waals surface area (Å²) in [5, 5.41) is 20.2. The van der Waals surface area contributed by atoms with Gasteiger partial charge in [-0.25, -0.2) is 4.39 Å². The highest BCUT2D eigenvalue weighted by Crippen LogP contribution is 2.34. The summed E-state index contributed by atoms with van der Waals surface area (Å²) in [6, 6.07) is 5.34. The fraction of sp³-hybridized carbons (Fsp3) is 0.143. The van der Waals surface area contributed by atoms with Crippen LogP contribution in [0.1, 0.15) is 16.8 Å². The Balaban J connectivity index is 2.95. The predicted octanol–water partition coefficient (Wildman–Crippen LogP) is 2.58. The fourth-order valence-corrected chi connectivity index (χ4v) is 2.13. The first-order chi connectivity index (χ1) is 9.85. The summed E-state index contributed by atoms with van der Waals surface area (Å²) in [4.78, 5) is 24.6. The summed E-state index contributed by atoms with van der Waals surface area (Å²) in [5.74, 6) is -0.844. The monoisotopic (exact) mass is 287 g/mol. The Kier molecular flexibility index (Phi) is 3.54. The zero-order valence-electron chi connectivity index (χ0n) is 11.2. The smallest absolute Gasteiger partial charge is 0.280 e. The molecule has 1 heterocycles. The van der Waals surface area contributed by atoms with Gasteiger partial charge in [0.05, 0.1) is 10.5 Å². The van der Waals surface area contributed by atoms with Crippen LogP contribution in [-0.2, 0) is 0 Å². The van der Waals surface area contributed by atoms with Gasteiger partial charge in [0.1, 0.15) is 17.4 Å². The van der Waals surface area contributed by atoms with Crippen LogP contribution in [0.3, 0.4) is 0 Å². The molecular formula is C14H10FN3O3. The molecule has 1 N–H and O–H groups in total. The van der Waals surface area contributed by atoms with Gasteiger partial charge in [-0.2, -0.15) is 5.26 Å². The Morgan fingerprint density at radius 2 is 2.00 bits per heavy atom. The van der Waals surface area contributed by atoms with E-state index in [1.54, 1.807) is 13.0 Å². The van der Waals surface area contributed by atoms with E-state index in [1.165, 1.54) is 19.1 Å². The quantitative estimate of drug-likeness (QED) is 0.677. The molecule has 0 radical (unpaired) electrons. The van der Waals surface area contributed by atoms with Gasteiger partial charge in [0.25, 0.3) is 11.2 Å². The van der Waals surface area contributed by atoms with Crippen molar-refractivity contribution in [2.24, 2.45) is 0 Å². The van der Waals surface area contributed by atoms with Crippen molar-refractivity contribution in [3.63, 3.8) is 0 Å². The summed E-state index contributed by atoms with van der Waals surface area (Å²) in [7, 11) is 0. The highest BCUT2D eigenvalue weighted by molar-refractivity contribution is 5.79. The van der Waals surface area contributed by atoms with Crippen LogP contribution in [0, 0.1) is 41.1 Å². The number of nitrogens with one attached hydrogen (secondary N) is 1. The molecule has 0 fully saturated rings. The highest BCUT2D eigenvalue weighted by Gasteiger charge is 2.24. The molecule has 1 aromatic carbocycles. The van der Waals surface area contributed by atoms with Gasteiger partial charge in [0.15, 0.2) is 0 Å². The third-order valence-electron chi connectivity index (χ3n) is 2.96. The molecule has 0 aliphatic carbocycles. The Morgan fingerprint density at radius 3 is 2.57 bits per heavy atom. The van der Waals surface area contributed by atoms with Gasteiger partial charge in [-0.1, -0.05) is 0 Å². The second-order valence-electron chi connectivity index (χ2n) is 4.58. The summed E-state index contributed by atoms with van der Waals surface area (Å²) in [6.45, 7) is 3.07. The van der Waals surface area contributed by atoms with E-state index in [1.807, 2.05) is 0 Å². The van der Waals surface area contributed by atoms with Crippen molar-refractivity contribution in [3.8, 4) is 17.2 Å². The number of hydrogen-bond donors (Lipinski definition) is 1. The first kappa shape index (κ1) is 14.4. The average Bonchev–Trinajstić information content (AvgIpc) is 2.36. The second-order valence-corrected chi connectivity index (χ2v) is 4.58. The lowest BCUT2D eigenvalue weighted by Crippen LogP contribution is -2.13. The molecule has 0 atom stereocenters. The third-order valence-corrected chi connectivity index (χ3v) is 2.96. The van der Waals surface area contributed by atoms with Crippen LogP contribution in [-0.4, -0.2) is 9.91 Å². The topological polar surface area (TPSA) is 99.8 Å². The first-order valence-corrected chi connectivity index (χ1v) is 5.94. The number of aryl methyl sites for hydroxylation is 2. The largest absolute Gasteiger partial charge is 0.325 e. The molecule has 21 heavy (non-hydrogen) atoms. The molecule has 106 valence electrons. The van der Waals surface area contributed by atoms with Crippen molar-refractivity contribution in [1.29, 1.82) is 5.26 Å². The number of nitro groups is 1. The molecule has 0 spiro atoms. The van der Waals surface area contributed by atoms with E-state index in [2.05, 4.69) is 4.98 Å². The predicted molar refractivity (Wildman–Crippen MR) is 73.3 cm³/mol. The molecule has 1 aromatic heterocycles. The Hall–Kier alpha value is -3.01. The van der Waals surface area contributed by atoms with E-state index in [4.69, 9.17) is 5.26 Å². The van der Waals surface area contributed by atoms with E-state index in [0.717, 1.165) is 6.07 Å². The van der Waals surface area contributed by atoms with Gasteiger partial charge in [0.2, 0.25) is 0 Å². The molecule has 0 saturated carbocycles. The van der Waals surface area contributed by atoms with Crippen molar-refractivity contribution >= 4 is 5.69 Å². The van der Waals surface area contributed by atoms with Crippen LogP contribution < -0.4 is 5.56 Å². The summed E-state index contributed by atoms with van der Waals surface area (Å²) in [5.41, 5.74) is -1.21. The van der Waals surface area contributed by atoms with Gasteiger partial charge in [-0.3, -0.25) is 14.9 Å². The van der Waals surface area contributed by atoms with Crippen LogP contribution >= 0.6 is 0 Å². The van der Waals surface area contributed by atoms with E-state index < -0.39 is 22.0 Å². The van der Waals surface area contributed by atoms with Crippen molar-refractivity contribution in [3.05, 3.63) is 61.3 Å². The van der Waals surface area contributed by atoms with E-state index >= 15 is 0 Å². The van der Waals surface area contributed by atoms with Crippen LogP contribution in [0.2, 0.25) is 0 Å². The zero-order chi connectivity index (χ0) is 15.7. The zero-order valence-corrected chi connectivity index (χ0v) is 11.2. The Labute approximate surface area is 118 Å². The number of aromatic amines is 1. The van der Waals surface area contributed by atoms with Crippen molar-refractivity contribution in [1.82, 2.24) is 4.98 Å². The normalized spacial score (nSPS) is 10.2. The number of benzene rings is 1. The SMILES string of the molecule is Cc1cc(F)c(-c2cc(C)[nH]c(=O)c2C#N)c([N+](=O)[O-])c1. The number of rotatable bonds is 2. The summed E-state index contributed by atoms with van der Waals surface area (Å²) < 4.78 is 14.2. The van der Waals surface area contributed by atoms with Gasteiger partial charge in [-0.05, 0) is 31.5 Å². The van der Waals surface area contributed by atoms with Crippen molar-refractivity contribution < 1.29 is 9.31 Å². The van der Waals surface area contributed by atoms with Crippen molar-refractivity contribution in [2.75, 3.05) is 0 Å². The maximum Gasteiger partial charge on any atom is 0.280 e. The standard InChI is InChI=1S/C14H10FN3O3/c1-7-3-11(15)13(12(4-7)18(20)21)9-5-8(2)17-14(19)10(9)6-16/h3-5H,1-2H3,(H,17,19). The Morgan fingerprint density at radius 1 is 1.33 bits per heavy atom. The van der Waals surface area contributed by atoms with Crippen LogP contribution in [0.15, 0.2) is 23.0 Å². The minimum atomic E-state index is -0.844. The average molecular weight is 287 g/mol. The van der Waals surface area contributed by atoms with Gasteiger partial charge < -0.3 is 4.98 Å². The van der Waals surface area contributed by atoms with E-state index in [-0.39, 0.29) is 16.7 Å². The number of halogens is 1. The molecule has 0 unspecified atom stereocenters. The minimum Gasteiger partial charge on any atom is -0.325 e. The molecule has 7 heteroatoms. The molecule has 2 aromatic rings. The lowest BCUT2D eigenvalue weighted by Gasteiger charge is -2.08. The molecule has 0 bridgehead atoms. The third kappa shape index (κ3) is 2.51. The van der Waals surface area contributed by atoms with Crippen LogP contribution in [0.25, 0.3) is 11.1 Å². The molecule has 0 aliphatic rings. The van der Waals surface area contributed by atoms with E-state index in [9.17, 15) is 19.3 Å². The maximum absolute atomic E-state index is 14.2. The van der Waals surface area contributed by atoms with E-state index in [0.29, 0.717) is 11.3 Å². The molecule has 2 rings (SSSR count). The van der Waals surface area contributed by atoms with Gasteiger partial charge >= 0.3 is 0 Å². The fourth-order valence-electron chi connectivity index (χ4n) is 2.13. The molecule has 0 saturated heterocycles. The molecule has 0 amide bonds. The number of pyridine rings is 1. The molecular weight excluding hydrogens is 277 g/mol. The highest BCUT2D eigenvalue weighted by atomic mass is 19.1. The van der Waals surface area contributed by atoms with Crippen LogP contribution in [0.4, 0.5) is 10.1 Å². The van der Waals surface area contributed by atoms with Gasteiger partial charge in [-0.15, -0.1) is 0 Å². The van der Waals surface area contributed by atoms with Gasteiger partial charge in [0, 0.05) is 17.3 Å². The number of aromatic nitrogens is 1. The van der Waals surface area contributed by atoms with Crippen LogP contribution in [0.5, 0.6) is 0 Å². The number of nitriles is 1. The second kappa shape index (κ2) is 5.17. The lowest BCUT2D eigenvalue weighted by atomic mass is 9.97. The van der Waals surface area contributed by atoms with Crippen molar-refractivity contribution in [2.45, 2.75) is 13.8 Å². The maximum atomic E-state index is 14.2.